The van der Waals surface area contributed by atoms with Crippen molar-refractivity contribution in [2.75, 3.05) is 0 Å². The number of halogens is 2. The average Bonchev–Trinajstić information content (AvgIpc) is 2.40. The third kappa shape index (κ3) is 3.78. The Bertz CT molecular complexity index is 599. The second kappa shape index (κ2) is 6.17. The first-order valence-corrected chi connectivity index (χ1v) is 6.88. The molecule has 0 atom stereocenters. The first kappa shape index (κ1) is 14.0. The Balaban J connectivity index is 2.05. The molecule has 1 aromatic carbocycles. The lowest BCUT2D eigenvalue weighted by atomic mass is 10.1. The van der Waals surface area contributed by atoms with E-state index in [1.165, 1.54) is 5.56 Å². The number of aryl methyl sites for hydroxylation is 1. The van der Waals surface area contributed by atoms with Crippen LogP contribution in [0.2, 0.25) is 5.15 Å². The minimum Gasteiger partial charge on any atom is -0.348 e. The van der Waals surface area contributed by atoms with Crippen molar-refractivity contribution in [1.29, 1.82) is 0 Å². The Hall–Kier alpha value is -1.39. The van der Waals surface area contributed by atoms with Crippen molar-refractivity contribution >= 4 is 33.4 Å². The normalized spacial score (nSPS) is 10.3. The van der Waals surface area contributed by atoms with E-state index in [2.05, 4.69) is 26.2 Å². The molecule has 0 bridgehead atoms. The van der Waals surface area contributed by atoms with Gasteiger partial charge in [0.15, 0.2) is 0 Å². The zero-order valence-corrected chi connectivity index (χ0v) is 12.6. The van der Waals surface area contributed by atoms with Gasteiger partial charge < -0.3 is 5.32 Å². The highest BCUT2D eigenvalue weighted by atomic mass is 79.9. The van der Waals surface area contributed by atoms with Crippen LogP contribution in [0, 0.1) is 6.92 Å². The molecule has 0 radical (unpaired) electrons. The summed E-state index contributed by atoms with van der Waals surface area (Å²) >= 11 is 9.17. The molecule has 2 aromatic rings. The zero-order valence-electron chi connectivity index (χ0n) is 10.3. The van der Waals surface area contributed by atoms with Crippen molar-refractivity contribution in [2.24, 2.45) is 0 Å². The molecule has 0 saturated heterocycles. The van der Waals surface area contributed by atoms with Gasteiger partial charge in [0, 0.05) is 17.2 Å². The number of hydrogen-bond acceptors (Lipinski definition) is 2. The van der Waals surface area contributed by atoms with Gasteiger partial charge in [0.1, 0.15) is 5.15 Å². The molecule has 0 aliphatic carbocycles. The number of aromatic nitrogens is 1. The summed E-state index contributed by atoms with van der Waals surface area (Å²) < 4.78 is 0.720. The van der Waals surface area contributed by atoms with Gasteiger partial charge in [-0.3, -0.25) is 4.79 Å². The van der Waals surface area contributed by atoms with E-state index in [1.54, 1.807) is 12.3 Å². The fourth-order valence-corrected chi connectivity index (χ4v) is 2.09. The topological polar surface area (TPSA) is 42.0 Å². The minimum atomic E-state index is -0.237. The Morgan fingerprint density at radius 2 is 2.05 bits per heavy atom. The van der Waals surface area contributed by atoms with E-state index >= 15 is 0 Å². The van der Waals surface area contributed by atoms with Crippen LogP contribution in [-0.2, 0) is 6.54 Å². The number of amides is 1. The van der Waals surface area contributed by atoms with Crippen LogP contribution in [0.1, 0.15) is 21.5 Å². The maximum Gasteiger partial charge on any atom is 0.254 e. The first-order chi connectivity index (χ1) is 9.06. The number of pyridine rings is 1. The Labute approximate surface area is 125 Å². The summed E-state index contributed by atoms with van der Waals surface area (Å²) in [5.41, 5.74) is 2.59. The van der Waals surface area contributed by atoms with Gasteiger partial charge in [0.05, 0.1) is 5.56 Å². The van der Waals surface area contributed by atoms with Gasteiger partial charge in [0.25, 0.3) is 5.91 Å². The van der Waals surface area contributed by atoms with Crippen molar-refractivity contribution < 1.29 is 4.79 Å². The summed E-state index contributed by atoms with van der Waals surface area (Å²) in [6.45, 7) is 2.48. The number of carbonyl (C=O) groups excluding carboxylic acids is 1. The van der Waals surface area contributed by atoms with E-state index in [1.807, 2.05) is 31.2 Å². The molecular weight excluding hydrogens is 328 g/mol. The SMILES string of the molecule is Cc1ccc(CNC(=O)c2cc(Br)cnc2Cl)cc1. The predicted octanol–water partition coefficient (Wildman–Crippen LogP) is 3.74. The molecule has 1 heterocycles. The molecule has 0 fully saturated rings. The zero-order chi connectivity index (χ0) is 13.8. The monoisotopic (exact) mass is 338 g/mol. The molecule has 2 rings (SSSR count). The minimum absolute atomic E-state index is 0.199. The molecule has 0 unspecified atom stereocenters. The highest BCUT2D eigenvalue weighted by Crippen LogP contribution is 2.18. The summed E-state index contributed by atoms with van der Waals surface area (Å²) in [5, 5.41) is 3.02. The number of nitrogens with one attached hydrogen (secondary N) is 1. The smallest absolute Gasteiger partial charge is 0.254 e. The summed E-state index contributed by atoms with van der Waals surface area (Å²) in [4.78, 5) is 15.9. The number of rotatable bonds is 3. The molecule has 19 heavy (non-hydrogen) atoms. The fourth-order valence-electron chi connectivity index (χ4n) is 1.57. The number of nitrogens with zero attached hydrogens (tertiary/aromatic N) is 1. The van der Waals surface area contributed by atoms with Gasteiger partial charge >= 0.3 is 0 Å². The van der Waals surface area contributed by atoms with E-state index in [4.69, 9.17) is 11.6 Å². The van der Waals surface area contributed by atoms with E-state index in [0.717, 1.165) is 10.0 Å². The van der Waals surface area contributed by atoms with Gasteiger partial charge in [-0.05, 0) is 34.5 Å². The van der Waals surface area contributed by atoms with Crippen LogP contribution in [-0.4, -0.2) is 10.9 Å². The van der Waals surface area contributed by atoms with E-state index in [0.29, 0.717) is 12.1 Å². The standard InChI is InChI=1S/C14H12BrClN2O/c1-9-2-4-10(5-3-9)7-18-14(19)12-6-11(15)8-17-13(12)16/h2-6,8H,7H2,1H3,(H,18,19). The summed E-state index contributed by atoms with van der Waals surface area (Å²) in [7, 11) is 0. The molecule has 5 heteroatoms. The van der Waals surface area contributed by atoms with E-state index < -0.39 is 0 Å². The number of hydrogen-bond donors (Lipinski definition) is 1. The maximum atomic E-state index is 12.0. The highest BCUT2D eigenvalue weighted by molar-refractivity contribution is 9.10. The summed E-state index contributed by atoms with van der Waals surface area (Å²) in [6, 6.07) is 9.64. The Morgan fingerprint density at radius 1 is 1.37 bits per heavy atom. The molecule has 1 aromatic heterocycles. The van der Waals surface area contributed by atoms with E-state index in [-0.39, 0.29) is 11.1 Å². The van der Waals surface area contributed by atoms with Gasteiger partial charge in [-0.1, -0.05) is 41.4 Å². The molecule has 3 nitrogen and oxygen atoms in total. The van der Waals surface area contributed by atoms with Crippen LogP contribution in [0.25, 0.3) is 0 Å². The predicted molar refractivity (Wildman–Crippen MR) is 79.3 cm³/mol. The second-order valence-electron chi connectivity index (χ2n) is 4.16. The summed E-state index contributed by atoms with van der Waals surface area (Å²) in [5.74, 6) is -0.237. The van der Waals surface area contributed by atoms with Gasteiger partial charge in [-0.25, -0.2) is 4.98 Å². The van der Waals surface area contributed by atoms with Gasteiger partial charge in [-0.15, -0.1) is 0 Å². The molecule has 0 aliphatic rings. The van der Waals surface area contributed by atoms with Gasteiger partial charge in [0.2, 0.25) is 0 Å². The molecule has 1 amide bonds. The molecular formula is C14H12BrClN2O. The lowest BCUT2D eigenvalue weighted by Gasteiger charge is -2.07. The van der Waals surface area contributed by atoms with Crippen LogP contribution in [0.15, 0.2) is 41.0 Å². The van der Waals surface area contributed by atoms with Crippen molar-refractivity contribution in [2.45, 2.75) is 13.5 Å². The second-order valence-corrected chi connectivity index (χ2v) is 5.43. The Morgan fingerprint density at radius 3 is 2.74 bits per heavy atom. The number of benzene rings is 1. The third-order valence-electron chi connectivity index (χ3n) is 2.62. The molecule has 98 valence electrons. The molecule has 0 aliphatic heterocycles. The first-order valence-electron chi connectivity index (χ1n) is 5.71. The Kier molecular flexibility index (Phi) is 4.56. The quantitative estimate of drug-likeness (QED) is 0.866. The highest BCUT2D eigenvalue weighted by Gasteiger charge is 2.11. The van der Waals surface area contributed by atoms with Crippen LogP contribution in [0.5, 0.6) is 0 Å². The van der Waals surface area contributed by atoms with Crippen LogP contribution in [0.3, 0.4) is 0 Å². The average molecular weight is 340 g/mol. The van der Waals surface area contributed by atoms with Crippen LogP contribution >= 0.6 is 27.5 Å². The largest absolute Gasteiger partial charge is 0.348 e. The van der Waals surface area contributed by atoms with Crippen molar-refractivity contribution in [1.82, 2.24) is 10.3 Å². The lowest BCUT2D eigenvalue weighted by Crippen LogP contribution is -2.23. The van der Waals surface area contributed by atoms with Crippen molar-refractivity contribution in [3.8, 4) is 0 Å². The lowest BCUT2D eigenvalue weighted by molar-refractivity contribution is 0.0950. The maximum absolute atomic E-state index is 12.0. The summed E-state index contributed by atoms with van der Waals surface area (Å²) in [6.07, 6.45) is 1.55. The molecule has 1 N–H and O–H groups in total. The van der Waals surface area contributed by atoms with Crippen LogP contribution in [0.4, 0.5) is 0 Å². The van der Waals surface area contributed by atoms with Gasteiger partial charge in [-0.2, -0.15) is 0 Å². The van der Waals surface area contributed by atoms with Crippen molar-refractivity contribution in [3.63, 3.8) is 0 Å². The third-order valence-corrected chi connectivity index (χ3v) is 3.36. The number of carbonyl (C=O) groups is 1. The molecule has 0 spiro atoms. The fraction of sp³-hybridized carbons (Fsp3) is 0.143. The van der Waals surface area contributed by atoms with E-state index in [9.17, 15) is 4.79 Å². The van der Waals surface area contributed by atoms with Crippen LogP contribution < -0.4 is 5.32 Å². The molecule has 0 saturated carbocycles. The van der Waals surface area contributed by atoms with Crippen molar-refractivity contribution in [3.05, 3.63) is 62.8 Å².